The molecule has 0 aromatic rings. The molecule has 0 fully saturated rings. The smallest absolute Gasteiger partial charge is 0.220 e. The van der Waals surface area contributed by atoms with Gasteiger partial charge in [0.1, 0.15) is 5.78 Å². The Labute approximate surface area is 105 Å². The molecular formula is C14H27NO2. The van der Waals surface area contributed by atoms with E-state index < -0.39 is 0 Å². The van der Waals surface area contributed by atoms with Gasteiger partial charge in [-0.3, -0.25) is 4.79 Å². The molecule has 0 saturated heterocycles. The molecule has 0 spiro atoms. The number of hydrogen-bond donors (Lipinski definition) is 1. The summed E-state index contributed by atoms with van der Waals surface area (Å²) >= 11 is 0. The second-order valence-electron chi connectivity index (χ2n) is 5.15. The summed E-state index contributed by atoms with van der Waals surface area (Å²) in [6.07, 6.45) is 6.76. The van der Waals surface area contributed by atoms with Crippen LogP contribution in [-0.4, -0.2) is 18.2 Å². The Hall–Kier alpha value is -0.860. The standard InChI is InChI=1S/C14H27NO2/c1-12(2)8-6-4-5-7-11-15-14(17)10-9-13(3)16/h12H,4-11H2,1-3H3,(H,15,17). The van der Waals surface area contributed by atoms with Gasteiger partial charge < -0.3 is 10.1 Å². The highest BCUT2D eigenvalue weighted by molar-refractivity contribution is 5.83. The van der Waals surface area contributed by atoms with Crippen LogP contribution in [0.15, 0.2) is 0 Å². The maximum absolute atomic E-state index is 11.3. The van der Waals surface area contributed by atoms with E-state index in [9.17, 15) is 9.59 Å². The van der Waals surface area contributed by atoms with Gasteiger partial charge in [0.05, 0.1) is 0 Å². The Balaban J connectivity index is 3.22. The SMILES string of the molecule is CC(=O)CCC(=O)NCCCCCCC(C)C. The fourth-order valence-corrected chi connectivity index (χ4v) is 1.64. The van der Waals surface area contributed by atoms with Crippen LogP contribution in [-0.2, 0) is 9.59 Å². The Morgan fingerprint density at radius 3 is 2.24 bits per heavy atom. The van der Waals surface area contributed by atoms with Crippen LogP contribution in [0, 0.1) is 5.92 Å². The molecule has 0 bridgehead atoms. The molecule has 0 heterocycles. The number of carbonyl (C=O) groups is 2. The fraction of sp³-hybridized carbons (Fsp3) is 0.857. The molecule has 0 aliphatic carbocycles. The normalized spacial score (nSPS) is 10.6. The molecule has 100 valence electrons. The van der Waals surface area contributed by atoms with Crippen LogP contribution in [0.1, 0.15) is 65.7 Å². The van der Waals surface area contributed by atoms with E-state index in [2.05, 4.69) is 19.2 Å². The first-order valence-corrected chi connectivity index (χ1v) is 6.78. The van der Waals surface area contributed by atoms with Gasteiger partial charge in [-0.1, -0.05) is 39.5 Å². The van der Waals surface area contributed by atoms with E-state index in [-0.39, 0.29) is 11.7 Å². The number of amides is 1. The third-order valence-electron chi connectivity index (χ3n) is 2.73. The summed E-state index contributed by atoms with van der Waals surface area (Å²) in [5, 5.41) is 2.85. The van der Waals surface area contributed by atoms with Crippen molar-refractivity contribution in [3.63, 3.8) is 0 Å². The topological polar surface area (TPSA) is 46.2 Å². The number of hydrogen-bond acceptors (Lipinski definition) is 2. The van der Waals surface area contributed by atoms with E-state index in [0.29, 0.717) is 12.8 Å². The lowest BCUT2D eigenvalue weighted by atomic mass is 10.0. The van der Waals surface area contributed by atoms with Gasteiger partial charge in [-0.05, 0) is 19.3 Å². The van der Waals surface area contributed by atoms with Crippen LogP contribution < -0.4 is 5.32 Å². The van der Waals surface area contributed by atoms with Gasteiger partial charge >= 0.3 is 0 Å². The second kappa shape index (κ2) is 10.3. The lowest BCUT2D eigenvalue weighted by Crippen LogP contribution is -2.24. The number of unbranched alkanes of at least 4 members (excludes halogenated alkanes) is 3. The van der Waals surface area contributed by atoms with Crippen LogP contribution in [0.25, 0.3) is 0 Å². The van der Waals surface area contributed by atoms with Crippen molar-refractivity contribution in [2.45, 2.75) is 65.7 Å². The van der Waals surface area contributed by atoms with E-state index in [1.54, 1.807) is 0 Å². The third kappa shape index (κ3) is 13.1. The average molecular weight is 241 g/mol. The number of ketones is 1. The van der Waals surface area contributed by atoms with Crippen molar-refractivity contribution in [3.05, 3.63) is 0 Å². The zero-order chi connectivity index (χ0) is 13.1. The summed E-state index contributed by atoms with van der Waals surface area (Å²) in [7, 11) is 0. The van der Waals surface area contributed by atoms with Crippen molar-refractivity contribution in [1.82, 2.24) is 5.32 Å². The quantitative estimate of drug-likeness (QED) is 0.597. The molecule has 0 aliphatic heterocycles. The largest absolute Gasteiger partial charge is 0.356 e. The number of carbonyl (C=O) groups excluding carboxylic acids is 2. The average Bonchev–Trinajstić information content (AvgIpc) is 2.24. The fourth-order valence-electron chi connectivity index (χ4n) is 1.64. The van der Waals surface area contributed by atoms with E-state index in [4.69, 9.17) is 0 Å². The number of Topliss-reactive ketones (excluding diaryl/α,β-unsaturated/α-hetero) is 1. The van der Waals surface area contributed by atoms with Crippen LogP contribution in [0.3, 0.4) is 0 Å². The summed E-state index contributed by atoms with van der Waals surface area (Å²) in [4.78, 5) is 21.9. The zero-order valence-corrected chi connectivity index (χ0v) is 11.6. The van der Waals surface area contributed by atoms with Crippen molar-refractivity contribution in [1.29, 1.82) is 0 Å². The summed E-state index contributed by atoms with van der Waals surface area (Å²) in [6.45, 7) is 6.75. The molecule has 0 rings (SSSR count). The molecule has 0 aromatic heterocycles. The van der Waals surface area contributed by atoms with Crippen LogP contribution >= 0.6 is 0 Å². The predicted octanol–water partition coefficient (Wildman–Crippen LogP) is 3.08. The molecule has 0 saturated carbocycles. The second-order valence-corrected chi connectivity index (χ2v) is 5.15. The Kier molecular flexibility index (Phi) is 9.78. The maximum Gasteiger partial charge on any atom is 0.220 e. The van der Waals surface area contributed by atoms with Gasteiger partial charge in [0.15, 0.2) is 0 Å². The Morgan fingerprint density at radius 1 is 1.00 bits per heavy atom. The van der Waals surface area contributed by atoms with Gasteiger partial charge in [0.2, 0.25) is 5.91 Å². The van der Waals surface area contributed by atoms with E-state index in [0.717, 1.165) is 18.9 Å². The molecule has 3 nitrogen and oxygen atoms in total. The van der Waals surface area contributed by atoms with Gasteiger partial charge in [0, 0.05) is 19.4 Å². The van der Waals surface area contributed by atoms with Crippen molar-refractivity contribution in [2.75, 3.05) is 6.54 Å². The molecular weight excluding hydrogens is 214 g/mol. The molecule has 1 amide bonds. The van der Waals surface area contributed by atoms with Crippen molar-refractivity contribution in [2.24, 2.45) is 5.92 Å². The van der Waals surface area contributed by atoms with Gasteiger partial charge in [0.25, 0.3) is 0 Å². The van der Waals surface area contributed by atoms with Crippen molar-refractivity contribution < 1.29 is 9.59 Å². The minimum absolute atomic E-state index is 0.00220. The van der Waals surface area contributed by atoms with Gasteiger partial charge in [-0.15, -0.1) is 0 Å². The minimum atomic E-state index is 0.00220. The summed E-state index contributed by atoms with van der Waals surface area (Å²) in [6, 6.07) is 0. The molecule has 17 heavy (non-hydrogen) atoms. The summed E-state index contributed by atoms with van der Waals surface area (Å²) in [5.74, 6) is 0.873. The van der Waals surface area contributed by atoms with Crippen molar-refractivity contribution >= 4 is 11.7 Å². The van der Waals surface area contributed by atoms with Gasteiger partial charge in [-0.2, -0.15) is 0 Å². The molecule has 0 aromatic carbocycles. The van der Waals surface area contributed by atoms with E-state index >= 15 is 0 Å². The molecule has 0 unspecified atom stereocenters. The number of rotatable bonds is 10. The minimum Gasteiger partial charge on any atom is -0.356 e. The Bertz CT molecular complexity index is 224. The first-order chi connectivity index (χ1) is 8.02. The third-order valence-corrected chi connectivity index (χ3v) is 2.73. The molecule has 0 radical (unpaired) electrons. The van der Waals surface area contributed by atoms with Crippen molar-refractivity contribution in [3.8, 4) is 0 Å². The van der Waals surface area contributed by atoms with Crippen LogP contribution in [0.4, 0.5) is 0 Å². The lowest BCUT2D eigenvalue weighted by Gasteiger charge is -2.05. The van der Waals surface area contributed by atoms with Gasteiger partial charge in [-0.25, -0.2) is 0 Å². The highest BCUT2D eigenvalue weighted by Gasteiger charge is 2.02. The number of nitrogens with one attached hydrogen (secondary N) is 1. The molecule has 0 atom stereocenters. The Morgan fingerprint density at radius 2 is 1.65 bits per heavy atom. The molecule has 1 N–H and O–H groups in total. The molecule has 0 aliphatic rings. The van der Waals surface area contributed by atoms with E-state index in [1.807, 2.05) is 0 Å². The highest BCUT2D eigenvalue weighted by atomic mass is 16.2. The summed E-state index contributed by atoms with van der Waals surface area (Å²) < 4.78 is 0. The molecule has 3 heteroatoms. The summed E-state index contributed by atoms with van der Waals surface area (Å²) in [5.41, 5.74) is 0. The maximum atomic E-state index is 11.3. The van der Waals surface area contributed by atoms with Crippen LogP contribution in [0.2, 0.25) is 0 Å². The first-order valence-electron chi connectivity index (χ1n) is 6.78. The zero-order valence-electron chi connectivity index (χ0n) is 11.6. The highest BCUT2D eigenvalue weighted by Crippen LogP contribution is 2.08. The predicted molar refractivity (Wildman–Crippen MR) is 70.8 cm³/mol. The van der Waals surface area contributed by atoms with Crippen LogP contribution in [0.5, 0.6) is 0 Å². The lowest BCUT2D eigenvalue weighted by molar-refractivity contribution is -0.124. The van der Waals surface area contributed by atoms with E-state index in [1.165, 1.54) is 32.6 Å². The first kappa shape index (κ1) is 16.1. The monoisotopic (exact) mass is 241 g/mol.